The maximum Gasteiger partial charge on any atom is 0.403 e. The lowest BCUT2D eigenvalue weighted by Crippen LogP contribution is -2.57. The van der Waals surface area contributed by atoms with Crippen molar-refractivity contribution in [3.8, 4) is 0 Å². The summed E-state index contributed by atoms with van der Waals surface area (Å²) in [6.07, 6.45) is -4.03. The normalized spacial score (nSPS) is 28.6. The maximum absolute atomic E-state index is 13.4. The lowest BCUT2D eigenvalue weighted by Gasteiger charge is -2.43. The largest absolute Gasteiger partial charge is 0.403 e. The molecule has 1 aliphatic heterocycles. The number of halogens is 3. The molecule has 2 amide bonds. The van der Waals surface area contributed by atoms with E-state index in [1.165, 1.54) is 0 Å². The minimum absolute atomic E-state index is 0.164. The van der Waals surface area contributed by atoms with E-state index in [2.05, 4.69) is 0 Å². The van der Waals surface area contributed by atoms with Gasteiger partial charge in [-0.05, 0) is 25.7 Å². The van der Waals surface area contributed by atoms with Gasteiger partial charge in [0.15, 0.2) is 0 Å². The molecule has 1 saturated carbocycles. The van der Waals surface area contributed by atoms with Crippen LogP contribution in [0.15, 0.2) is 0 Å². The van der Waals surface area contributed by atoms with Crippen LogP contribution < -0.4 is 5.73 Å². The molecule has 2 aliphatic rings. The van der Waals surface area contributed by atoms with E-state index in [0.29, 0.717) is 19.3 Å². The summed E-state index contributed by atoms with van der Waals surface area (Å²) in [7, 11) is 0. The van der Waals surface area contributed by atoms with Gasteiger partial charge in [0.05, 0.1) is 12.0 Å². The average molecular weight is 322 g/mol. The third-order valence-electron chi connectivity index (χ3n) is 4.75. The lowest BCUT2D eigenvalue weighted by molar-refractivity contribution is -0.228. The van der Waals surface area contributed by atoms with Gasteiger partial charge in [-0.15, -0.1) is 0 Å². The highest BCUT2D eigenvalue weighted by molar-refractivity contribution is 5.84. The number of primary amides is 1. The summed E-state index contributed by atoms with van der Waals surface area (Å²) in [5, 5.41) is 10.3. The topological polar surface area (TPSA) is 83.6 Å². The number of β-amino-alcohol motifs (C(OH)–C–C–N with tert-alkyl or cyclic N) is 1. The Bertz CT molecular complexity index is 461. The summed E-state index contributed by atoms with van der Waals surface area (Å²) in [5.41, 5.74) is 1.21. The summed E-state index contributed by atoms with van der Waals surface area (Å²) in [4.78, 5) is 24.6. The lowest BCUT2D eigenvalue weighted by atomic mass is 9.81. The first-order chi connectivity index (χ1) is 10.1. The van der Waals surface area contributed by atoms with Crippen molar-refractivity contribution in [1.29, 1.82) is 0 Å². The second-order valence-corrected chi connectivity index (χ2v) is 6.48. The highest BCUT2D eigenvalue weighted by Crippen LogP contribution is 2.52. The van der Waals surface area contributed by atoms with Crippen molar-refractivity contribution in [3.05, 3.63) is 0 Å². The van der Waals surface area contributed by atoms with Gasteiger partial charge in [0.25, 0.3) is 0 Å². The number of carbonyl (C=O) groups excluding carboxylic acids is 2. The SMILES string of the molecule is NC(=O)CC1(O)CCCN(C(=O)C2(C(F)(F)F)CCCC2)C1. The third-order valence-corrected chi connectivity index (χ3v) is 4.75. The van der Waals surface area contributed by atoms with E-state index in [0.717, 1.165) is 4.90 Å². The quantitative estimate of drug-likeness (QED) is 0.822. The van der Waals surface area contributed by atoms with Crippen molar-refractivity contribution in [2.75, 3.05) is 13.1 Å². The zero-order valence-electron chi connectivity index (χ0n) is 12.3. The molecule has 0 aromatic rings. The molecule has 1 atom stereocenters. The Morgan fingerprint density at radius 3 is 2.23 bits per heavy atom. The number of likely N-dealkylation sites (tertiary alicyclic amines) is 1. The fourth-order valence-electron chi connectivity index (χ4n) is 3.65. The molecule has 1 aliphatic carbocycles. The standard InChI is InChI=1S/C14H21F3N2O3/c15-14(16,17)13(5-1-2-6-13)11(21)19-7-3-4-12(22,9-19)8-10(18)20/h22H,1-9H2,(H2,18,20). The van der Waals surface area contributed by atoms with Gasteiger partial charge < -0.3 is 15.7 Å². The molecule has 3 N–H and O–H groups in total. The smallest absolute Gasteiger partial charge is 0.388 e. The fraction of sp³-hybridized carbons (Fsp3) is 0.857. The summed E-state index contributed by atoms with van der Waals surface area (Å²) in [5.74, 6) is -1.71. The van der Waals surface area contributed by atoms with Crippen molar-refractivity contribution in [2.24, 2.45) is 11.1 Å². The zero-order valence-corrected chi connectivity index (χ0v) is 12.3. The number of nitrogens with two attached hydrogens (primary N) is 1. The number of hydrogen-bond acceptors (Lipinski definition) is 3. The van der Waals surface area contributed by atoms with E-state index in [-0.39, 0.29) is 38.8 Å². The Morgan fingerprint density at radius 2 is 1.73 bits per heavy atom. The van der Waals surface area contributed by atoms with Crippen LogP contribution in [0.4, 0.5) is 13.2 Å². The molecule has 0 bridgehead atoms. The Labute approximate surface area is 126 Å². The predicted octanol–water partition coefficient (Wildman–Crippen LogP) is 1.34. The van der Waals surface area contributed by atoms with Crippen molar-refractivity contribution in [1.82, 2.24) is 4.90 Å². The van der Waals surface area contributed by atoms with Crippen molar-refractivity contribution >= 4 is 11.8 Å². The molecule has 0 spiro atoms. The molecule has 5 nitrogen and oxygen atoms in total. The van der Waals surface area contributed by atoms with Crippen molar-refractivity contribution < 1.29 is 27.9 Å². The Morgan fingerprint density at radius 1 is 1.14 bits per heavy atom. The van der Waals surface area contributed by atoms with E-state index in [1.54, 1.807) is 0 Å². The number of hydrogen-bond donors (Lipinski definition) is 2. The van der Waals surface area contributed by atoms with Gasteiger partial charge in [0.2, 0.25) is 11.8 Å². The molecule has 0 aromatic carbocycles. The minimum atomic E-state index is -4.60. The molecule has 2 fully saturated rings. The van der Waals surface area contributed by atoms with E-state index in [1.807, 2.05) is 0 Å². The number of carbonyl (C=O) groups is 2. The summed E-state index contributed by atoms with van der Waals surface area (Å²) in [6, 6.07) is 0. The van der Waals surface area contributed by atoms with E-state index < -0.39 is 29.0 Å². The molecule has 8 heteroatoms. The average Bonchev–Trinajstić information content (AvgIpc) is 2.86. The number of aliphatic hydroxyl groups is 1. The molecular weight excluding hydrogens is 301 g/mol. The van der Waals surface area contributed by atoms with Crippen LogP contribution in [0, 0.1) is 5.41 Å². The molecule has 1 heterocycles. The molecule has 1 unspecified atom stereocenters. The van der Waals surface area contributed by atoms with Crippen LogP contribution in [0.25, 0.3) is 0 Å². The first-order valence-corrected chi connectivity index (χ1v) is 7.46. The summed E-state index contributed by atoms with van der Waals surface area (Å²) < 4.78 is 40.3. The van der Waals surface area contributed by atoms with E-state index in [9.17, 15) is 27.9 Å². The van der Waals surface area contributed by atoms with Crippen molar-refractivity contribution in [3.63, 3.8) is 0 Å². The van der Waals surface area contributed by atoms with Gasteiger partial charge in [-0.25, -0.2) is 0 Å². The summed E-state index contributed by atoms with van der Waals surface area (Å²) in [6.45, 7) is -0.107. The van der Waals surface area contributed by atoms with Crippen LogP contribution in [0.2, 0.25) is 0 Å². The minimum Gasteiger partial charge on any atom is -0.388 e. The van der Waals surface area contributed by atoms with Gasteiger partial charge in [-0.3, -0.25) is 9.59 Å². The van der Waals surface area contributed by atoms with Crippen LogP contribution >= 0.6 is 0 Å². The Hall–Kier alpha value is -1.31. The molecule has 126 valence electrons. The van der Waals surface area contributed by atoms with Gasteiger partial charge in [0, 0.05) is 13.1 Å². The zero-order chi connectivity index (χ0) is 16.6. The van der Waals surface area contributed by atoms with Gasteiger partial charge in [0.1, 0.15) is 5.41 Å². The number of amides is 2. The van der Waals surface area contributed by atoms with Crippen LogP contribution in [0.5, 0.6) is 0 Å². The first kappa shape index (κ1) is 17.1. The maximum atomic E-state index is 13.4. The number of nitrogens with zero attached hydrogens (tertiary/aromatic N) is 1. The van der Waals surface area contributed by atoms with E-state index >= 15 is 0 Å². The predicted molar refractivity (Wildman–Crippen MR) is 71.5 cm³/mol. The third kappa shape index (κ3) is 3.06. The van der Waals surface area contributed by atoms with Gasteiger partial charge in [-0.1, -0.05) is 12.8 Å². The van der Waals surface area contributed by atoms with E-state index in [4.69, 9.17) is 5.73 Å². The van der Waals surface area contributed by atoms with Crippen LogP contribution in [-0.4, -0.2) is 46.7 Å². The summed E-state index contributed by atoms with van der Waals surface area (Å²) >= 11 is 0. The second-order valence-electron chi connectivity index (χ2n) is 6.48. The van der Waals surface area contributed by atoms with Crippen molar-refractivity contribution in [2.45, 2.75) is 56.7 Å². The van der Waals surface area contributed by atoms with Crippen LogP contribution in [0.3, 0.4) is 0 Å². The Balaban J connectivity index is 2.19. The molecular formula is C14H21F3N2O3. The molecule has 1 saturated heterocycles. The molecule has 0 radical (unpaired) electrons. The first-order valence-electron chi connectivity index (χ1n) is 7.46. The highest BCUT2D eigenvalue weighted by atomic mass is 19.4. The molecule has 22 heavy (non-hydrogen) atoms. The fourth-order valence-corrected chi connectivity index (χ4v) is 3.65. The second kappa shape index (κ2) is 5.72. The molecule has 2 rings (SSSR count). The van der Waals surface area contributed by atoms with Crippen LogP contribution in [0.1, 0.15) is 44.9 Å². The monoisotopic (exact) mass is 322 g/mol. The number of piperidine rings is 1. The van der Waals surface area contributed by atoms with Gasteiger partial charge >= 0.3 is 6.18 Å². The van der Waals surface area contributed by atoms with Crippen LogP contribution in [-0.2, 0) is 9.59 Å². The number of rotatable bonds is 3. The molecule has 0 aromatic heterocycles. The Kier molecular flexibility index (Phi) is 4.43. The number of alkyl halides is 3. The highest BCUT2D eigenvalue weighted by Gasteiger charge is 2.62. The van der Waals surface area contributed by atoms with Gasteiger partial charge in [-0.2, -0.15) is 13.2 Å².